The minimum atomic E-state index is -4.37. The number of nitro groups is 1. The van der Waals surface area contributed by atoms with Crippen molar-refractivity contribution in [2.45, 2.75) is 11.4 Å². The standard InChI is InChI=1S/C15H11Cl2N3O7S2/c16-11-4-3-10(6-12(11)17)29(25,26)27-9-2-1-8(13(5-9)20(23)24)7-19(14(18)28)15(21)22/h1-6H,7H2,(H2,18,28)(H,21,22). The highest BCUT2D eigenvalue weighted by Crippen LogP contribution is 2.30. The average molecular weight is 480 g/mol. The van der Waals surface area contributed by atoms with Crippen LogP contribution in [0.4, 0.5) is 10.5 Å². The third-order valence-corrected chi connectivity index (χ3v) is 5.67. The number of carbonyl (C=O) groups is 1. The van der Waals surface area contributed by atoms with E-state index in [0.717, 1.165) is 30.3 Å². The fourth-order valence-electron chi connectivity index (χ4n) is 2.12. The zero-order valence-electron chi connectivity index (χ0n) is 14.1. The highest BCUT2D eigenvalue weighted by atomic mass is 35.5. The Morgan fingerprint density at radius 1 is 1.24 bits per heavy atom. The third-order valence-electron chi connectivity index (χ3n) is 3.46. The fourth-order valence-corrected chi connectivity index (χ4v) is 3.57. The lowest BCUT2D eigenvalue weighted by atomic mass is 10.1. The van der Waals surface area contributed by atoms with Crippen molar-refractivity contribution in [3.05, 3.63) is 62.1 Å². The van der Waals surface area contributed by atoms with Gasteiger partial charge >= 0.3 is 16.2 Å². The van der Waals surface area contributed by atoms with E-state index in [2.05, 4.69) is 12.2 Å². The monoisotopic (exact) mass is 479 g/mol. The van der Waals surface area contributed by atoms with Gasteiger partial charge < -0.3 is 15.0 Å². The van der Waals surface area contributed by atoms with E-state index in [1.165, 1.54) is 6.07 Å². The summed E-state index contributed by atoms with van der Waals surface area (Å²) >= 11 is 16.1. The van der Waals surface area contributed by atoms with Crippen LogP contribution < -0.4 is 9.92 Å². The molecule has 0 aromatic heterocycles. The molecule has 0 radical (unpaired) electrons. The number of thiocarbonyl (C=S) groups is 1. The van der Waals surface area contributed by atoms with E-state index in [1.54, 1.807) is 0 Å². The number of halogens is 2. The highest BCUT2D eigenvalue weighted by Gasteiger charge is 2.24. The van der Waals surface area contributed by atoms with Crippen LogP contribution in [0.3, 0.4) is 0 Å². The number of rotatable bonds is 6. The molecule has 2 aromatic carbocycles. The van der Waals surface area contributed by atoms with E-state index >= 15 is 0 Å². The molecule has 0 aliphatic heterocycles. The van der Waals surface area contributed by atoms with Gasteiger partial charge in [0.15, 0.2) is 5.11 Å². The summed E-state index contributed by atoms with van der Waals surface area (Å²) in [6.07, 6.45) is -1.51. The van der Waals surface area contributed by atoms with Gasteiger partial charge in [-0.15, -0.1) is 0 Å². The summed E-state index contributed by atoms with van der Waals surface area (Å²) in [5, 5.41) is 20.0. The molecule has 1 amide bonds. The van der Waals surface area contributed by atoms with Crippen LogP contribution in [-0.4, -0.2) is 34.6 Å². The van der Waals surface area contributed by atoms with E-state index < -0.39 is 38.5 Å². The molecule has 2 aromatic rings. The van der Waals surface area contributed by atoms with Crippen molar-refractivity contribution < 1.29 is 27.4 Å². The molecule has 3 N–H and O–H groups in total. The summed E-state index contributed by atoms with van der Waals surface area (Å²) < 4.78 is 29.7. The third kappa shape index (κ3) is 5.44. The maximum Gasteiger partial charge on any atom is 0.413 e. The van der Waals surface area contributed by atoms with Gasteiger partial charge in [0.05, 0.1) is 33.1 Å². The van der Waals surface area contributed by atoms with Crippen molar-refractivity contribution in [2.75, 3.05) is 0 Å². The van der Waals surface area contributed by atoms with Gasteiger partial charge in [-0.25, -0.2) is 9.69 Å². The lowest BCUT2D eigenvalue weighted by Crippen LogP contribution is -2.39. The van der Waals surface area contributed by atoms with Crippen molar-refractivity contribution in [2.24, 2.45) is 5.73 Å². The molecule has 29 heavy (non-hydrogen) atoms. The Morgan fingerprint density at radius 2 is 1.90 bits per heavy atom. The molecule has 0 bridgehead atoms. The summed E-state index contributed by atoms with van der Waals surface area (Å²) in [7, 11) is -4.37. The van der Waals surface area contributed by atoms with Gasteiger partial charge in [0.2, 0.25) is 0 Å². The Morgan fingerprint density at radius 3 is 2.41 bits per heavy atom. The molecule has 0 saturated heterocycles. The average Bonchev–Trinajstić information content (AvgIpc) is 2.61. The topological polar surface area (TPSA) is 153 Å². The van der Waals surface area contributed by atoms with Gasteiger partial charge in [0.25, 0.3) is 5.69 Å². The molecule has 154 valence electrons. The summed E-state index contributed by atoms with van der Waals surface area (Å²) in [6.45, 7) is -0.513. The smallest absolute Gasteiger partial charge is 0.413 e. The normalized spacial score (nSPS) is 11.0. The molecular formula is C15H11Cl2N3O7S2. The Bertz CT molecular complexity index is 1100. The Kier molecular flexibility index (Phi) is 6.85. The van der Waals surface area contributed by atoms with Gasteiger partial charge in [-0.05, 0) is 42.5 Å². The first-order valence-electron chi connectivity index (χ1n) is 7.39. The molecule has 2 rings (SSSR count). The predicted octanol–water partition coefficient (Wildman–Crippen LogP) is 3.39. The van der Waals surface area contributed by atoms with E-state index in [1.807, 2.05) is 0 Å². The summed E-state index contributed by atoms with van der Waals surface area (Å²) in [5.74, 6) is -0.372. The second-order valence-corrected chi connectivity index (χ2v) is 8.15. The molecule has 0 spiro atoms. The molecule has 0 saturated carbocycles. The van der Waals surface area contributed by atoms with Crippen LogP contribution in [-0.2, 0) is 16.7 Å². The maximum atomic E-state index is 12.4. The minimum absolute atomic E-state index is 0.0239. The van der Waals surface area contributed by atoms with Gasteiger partial charge in [-0.2, -0.15) is 8.42 Å². The second kappa shape index (κ2) is 8.78. The predicted molar refractivity (Wildman–Crippen MR) is 108 cm³/mol. The molecule has 0 aliphatic rings. The summed E-state index contributed by atoms with van der Waals surface area (Å²) in [5.41, 5.74) is 4.63. The molecule has 10 nitrogen and oxygen atoms in total. The van der Waals surface area contributed by atoms with Gasteiger partial charge in [-0.1, -0.05) is 23.2 Å². The fraction of sp³-hybridized carbons (Fsp3) is 0.0667. The van der Waals surface area contributed by atoms with Gasteiger partial charge in [0.1, 0.15) is 10.6 Å². The van der Waals surface area contributed by atoms with Crippen molar-refractivity contribution in [1.82, 2.24) is 4.90 Å². The molecule has 0 aliphatic carbocycles. The Labute approximate surface area is 179 Å². The van der Waals surface area contributed by atoms with Crippen LogP contribution in [0.2, 0.25) is 10.0 Å². The SMILES string of the molecule is NC(=S)N(Cc1ccc(OS(=O)(=O)c2ccc(Cl)c(Cl)c2)cc1[N+](=O)[O-])C(=O)O. The maximum absolute atomic E-state index is 12.4. The van der Waals surface area contributed by atoms with Crippen molar-refractivity contribution >= 4 is 62.4 Å². The van der Waals surface area contributed by atoms with Gasteiger partial charge in [-0.3, -0.25) is 10.1 Å². The molecule has 0 atom stereocenters. The van der Waals surface area contributed by atoms with Crippen LogP contribution in [0, 0.1) is 10.1 Å². The largest absolute Gasteiger partial charge is 0.465 e. The molecule has 0 unspecified atom stereocenters. The number of nitrogens with zero attached hydrogens (tertiary/aromatic N) is 2. The van der Waals surface area contributed by atoms with Crippen LogP contribution in [0.25, 0.3) is 0 Å². The van der Waals surface area contributed by atoms with Gasteiger partial charge in [0, 0.05) is 0 Å². The Balaban J connectivity index is 2.39. The van der Waals surface area contributed by atoms with Crippen LogP contribution in [0.5, 0.6) is 5.75 Å². The van der Waals surface area contributed by atoms with Crippen molar-refractivity contribution in [3.8, 4) is 5.75 Å². The Hall–Kier alpha value is -2.67. The van der Waals surface area contributed by atoms with Crippen LogP contribution in [0.1, 0.15) is 5.56 Å². The number of amides is 1. The summed E-state index contributed by atoms with van der Waals surface area (Å²) in [6, 6.07) is 6.56. The number of hydrogen-bond acceptors (Lipinski definition) is 7. The first kappa shape index (κ1) is 22.6. The summed E-state index contributed by atoms with van der Waals surface area (Å²) in [4.78, 5) is 21.9. The first-order valence-corrected chi connectivity index (χ1v) is 9.96. The van der Waals surface area contributed by atoms with E-state index in [9.17, 15) is 23.3 Å². The highest BCUT2D eigenvalue weighted by molar-refractivity contribution is 7.87. The van der Waals surface area contributed by atoms with Crippen LogP contribution in [0.15, 0.2) is 41.3 Å². The van der Waals surface area contributed by atoms with E-state index in [0.29, 0.717) is 4.90 Å². The van der Waals surface area contributed by atoms with Crippen molar-refractivity contribution in [1.29, 1.82) is 0 Å². The minimum Gasteiger partial charge on any atom is -0.465 e. The first-order chi connectivity index (χ1) is 13.4. The second-order valence-electron chi connectivity index (χ2n) is 5.37. The lowest BCUT2D eigenvalue weighted by Gasteiger charge is -2.17. The quantitative estimate of drug-likeness (QED) is 0.274. The van der Waals surface area contributed by atoms with Crippen LogP contribution >= 0.6 is 35.4 Å². The van der Waals surface area contributed by atoms with E-state index in [-0.39, 0.29) is 26.3 Å². The lowest BCUT2D eigenvalue weighted by molar-refractivity contribution is -0.385. The zero-order chi connectivity index (χ0) is 21.9. The number of benzene rings is 2. The number of carboxylic acid groups (broad SMARTS) is 1. The molecular weight excluding hydrogens is 469 g/mol. The number of nitro benzene ring substituents is 1. The molecule has 0 fully saturated rings. The number of hydrogen-bond donors (Lipinski definition) is 2. The van der Waals surface area contributed by atoms with Crippen molar-refractivity contribution in [3.63, 3.8) is 0 Å². The number of nitrogens with two attached hydrogens (primary N) is 1. The molecule has 0 heterocycles. The zero-order valence-corrected chi connectivity index (χ0v) is 17.3. The van der Waals surface area contributed by atoms with E-state index in [4.69, 9.17) is 38.2 Å². The molecule has 14 heteroatoms.